The summed E-state index contributed by atoms with van der Waals surface area (Å²) in [4.78, 5) is 23.4. The van der Waals surface area contributed by atoms with Crippen molar-refractivity contribution in [3.63, 3.8) is 0 Å². The number of hydrogen-bond donors (Lipinski definition) is 2. The number of fused-ring (bicyclic) bond motifs is 1. The number of β-amino-alcohol motifs (C(OH)–C–C–N with tert-alkyl or cyclic N) is 1. The van der Waals surface area contributed by atoms with Crippen LogP contribution in [-0.2, 0) is 29.6 Å². The largest absolute Gasteiger partial charge is 0.485 e. The van der Waals surface area contributed by atoms with E-state index >= 15 is 0 Å². The van der Waals surface area contributed by atoms with E-state index < -0.39 is 16.1 Å². The van der Waals surface area contributed by atoms with Gasteiger partial charge in [-0.1, -0.05) is 6.07 Å². The van der Waals surface area contributed by atoms with Crippen molar-refractivity contribution in [1.29, 1.82) is 0 Å². The number of hydrogen-bond acceptors (Lipinski definition) is 10. The molecule has 0 saturated carbocycles. The Morgan fingerprint density at radius 1 is 1.24 bits per heavy atom. The Labute approximate surface area is 247 Å². The summed E-state index contributed by atoms with van der Waals surface area (Å²) in [5.41, 5.74) is 4.20. The second kappa shape index (κ2) is 13.3. The van der Waals surface area contributed by atoms with Crippen molar-refractivity contribution in [2.24, 2.45) is 0 Å². The molecule has 3 aromatic rings. The van der Waals surface area contributed by atoms with Crippen molar-refractivity contribution in [2.45, 2.75) is 64.3 Å². The van der Waals surface area contributed by atoms with Gasteiger partial charge >= 0.3 is 0 Å². The molecule has 0 radical (unpaired) electrons. The number of Topliss-reactive ketones (excluding diaryl/α,β-unsaturated/α-hetero) is 1. The van der Waals surface area contributed by atoms with Crippen LogP contribution in [0.1, 0.15) is 58.5 Å². The van der Waals surface area contributed by atoms with E-state index in [9.17, 15) is 18.3 Å². The summed E-state index contributed by atoms with van der Waals surface area (Å²) >= 11 is 0. The Morgan fingerprint density at radius 2 is 2.05 bits per heavy atom. The summed E-state index contributed by atoms with van der Waals surface area (Å²) < 4.78 is 36.2. The Kier molecular flexibility index (Phi) is 9.57. The number of ketones is 1. The van der Waals surface area contributed by atoms with Crippen LogP contribution in [-0.4, -0.2) is 83.1 Å². The summed E-state index contributed by atoms with van der Waals surface area (Å²) in [6.07, 6.45) is 8.11. The van der Waals surface area contributed by atoms with Gasteiger partial charge < -0.3 is 19.6 Å². The molecule has 0 bridgehead atoms. The van der Waals surface area contributed by atoms with Gasteiger partial charge in [0.05, 0.1) is 18.6 Å². The molecule has 2 aliphatic rings. The van der Waals surface area contributed by atoms with Crippen LogP contribution >= 0.6 is 0 Å². The summed E-state index contributed by atoms with van der Waals surface area (Å²) in [6.45, 7) is 5.42. The highest BCUT2D eigenvalue weighted by Crippen LogP contribution is 2.30. The normalized spacial score (nSPS) is 17.5. The average molecular weight is 598 g/mol. The van der Waals surface area contributed by atoms with Crippen molar-refractivity contribution < 1.29 is 27.5 Å². The monoisotopic (exact) mass is 597 g/mol. The number of piperidine rings is 1. The Bertz CT molecular complexity index is 1470. The fourth-order valence-corrected chi connectivity index (χ4v) is 6.58. The minimum Gasteiger partial charge on any atom is -0.485 e. The van der Waals surface area contributed by atoms with E-state index in [-0.39, 0.29) is 18.2 Å². The molecular weight excluding hydrogens is 558 g/mol. The maximum atomic E-state index is 12.9. The van der Waals surface area contributed by atoms with Crippen molar-refractivity contribution in [3.8, 4) is 5.75 Å². The van der Waals surface area contributed by atoms with Gasteiger partial charge in [-0.25, -0.2) is 22.7 Å². The average Bonchev–Trinajstić information content (AvgIpc) is 3.49. The van der Waals surface area contributed by atoms with E-state index in [2.05, 4.69) is 33.2 Å². The molecule has 2 aliphatic heterocycles. The quantitative estimate of drug-likeness (QED) is 0.300. The second-order valence-corrected chi connectivity index (χ2v) is 13.2. The molecule has 1 atom stereocenters. The van der Waals surface area contributed by atoms with Crippen molar-refractivity contribution >= 4 is 21.6 Å². The number of carbonyl (C=O) groups excluding carboxylic acids is 1. The molecule has 5 rings (SSSR count). The van der Waals surface area contributed by atoms with Crippen LogP contribution in [0.15, 0.2) is 47.5 Å². The lowest BCUT2D eigenvalue weighted by Gasteiger charge is -2.31. The van der Waals surface area contributed by atoms with Gasteiger partial charge in [0.1, 0.15) is 18.2 Å². The van der Waals surface area contributed by atoms with Gasteiger partial charge in [-0.05, 0) is 67.5 Å². The second-order valence-electron chi connectivity index (χ2n) is 11.2. The summed E-state index contributed by atoms with van der Waals surface area (Å²) in [7, 11) is -3.18. The molecule has 1 fully saturated rings. The molecule has 4 heterocycles. The number of rotatable bonds is 12. The minimum atomic E-state index is -3.18. The van der Waals surface area contributed by atoms with Crippen molar-refractivity contribution in [1.82, 2.24) is 19.2 Å². The van der Waals surface area contributed by atoms with Crippen molar-refractivity contribution in [2.75, 3.05) is 37.8 Å². The van der Waals surface area contributed by atoms with Crippen LogP contribution in [0.3, 0.4) is 0 Å². The highest BCUT2D eigenvalue weighted by Gasteiger charge is 2.25. The number of ether oxygens (including phenoxy) is 1. The van der Waals surface area contributed by atoms with E-state index in [0.717, 1.165) is 30.8 Å². The maximum absolute atomic E-state index is 12.9. The van der Waals surface area contributed by atoms with Gasteiger partial charge in [0.2, 0.25) is 10.0 Å². The highest BCUT2D eigenvalue weighted by atomic mass is 32.2. The number of nitrogens with one attached hydrogen (secondary N) is 1. The first kappa shape index (κ1) is 30.1. The summed E-state index contributed by atoms with van der Waals surface area (Å²) in [5.74, 6) is 2.08. The molecule has 2 N–H and O–H groups in total. The Morgan fingerprint density at radius 3 is 2.79 bits per heavy atom. The first-order valence-electron chi connectivity index (χ1n) is 14.4. The van der Waals surface area contributed by atoms with Gasteiger partial charge in [-0.2, -0.15) is 0 Å². The van der Waals surface area contributed by atoms with Gasteiger partial charge in [-0.3, -0.25) is 9.69 Å². The number of pyridine rings is 1. The molecule has 0 amide bonds. The van der Waals surface area contributed by atoms with Gasteiger partial charge in [0.25, 0.3) is 0 Å². The zero-order valence-electron chi connectivity index (χ0n) is 24.2. The Balaban J connectivity index is 1.07. The summed E-state index contributed by atoms with van der Waals surface area (Å²) in [6, 6.07) is 7.61. The van der Waals surface area contributed by atoms with Crippen LogP contribution in [0.2, 0.25) is 0 Å². The summed E-state index contributed by atoms with van der Waals surface area (Å²) in [5, 5.41) is 14.1. The molecule has 12 heteroatoms. The molecule has 0 aliphatic carbocycles. The van der Waals surface area contributed by atoms with Crippen LogP contribution in [0.4, 0.5) is 5.82 Å². The Hall–Kier alpha value is -3.32. The number of aliphatic hydroxyl groups excluding tert-OH is 1. The zero-order chi connectivity index (χ0) is 29.7. The lowest BCUT2D eigenvalue weighted by molar-refractivity contribution is 0.0836. The number of benzene rings is 1. The number of nitrogens with zero attached hydrogens (tertiary/aromatic N) is 4. The number of carbonyl (C=O) groups is 1. The minimum absolute atomic E-state index is 0.0381. The molecule has 1 saturated heterocycles. The van der Waals surface area contributed by atoms with Gasteiger partial charge in [-0.15, -0.1) is 0 Å². The fourth-order valence-electron chi connectivity index (χ4n) is 5.71. The van der Waals surface area contributed by atoms with E-state index in [1.807, 2.05) is 6.07 Å². The highest BCUT2D eigenvalue weighted by molar-refractivity contribution is 7.88. The predicted octanol–water partition coefficient (Wildman–Crippen LogP) is 3.18. The third-order valence-electron chi connectivity index (χ3n) is 8.10. The number of sulfonamides is 1. The molecule has 1 aromatic carbocycles. The molecule has 0 spiro atoms. The van der Waals surface area contributed by atoms with Crippen LogP contribution < -0.4 is 10.1 Å². The molecule has 0 unspecified atom stereocenters. The molecule has 11 nitrogen and oxygen atoms in total. The van der Waals surface area contributed by atoms with Gasteiger partial charge in [0, 0.05) is 56.9 Å². The first-order valence-corrected chi connectivity index (χ1v) is 16.2. The molecule has 2 aromatic heterocycles. The lowest BCUT2D eigenvalue weighted by atomic mass is 9.94. The topological polar surface area (TPSA) is 138 Å². The van der Waals surface area contributed by atoms with Crippen LogP contribution in [0.5, 0.6) is 5.75 Å². The van der Waals surface area contributed by atoms with Crippen LogP contribution in [0.25, 0.3) is 0 Å². The van der Waals surface area contributed by atoms with E-state index in [1.54, 1.807) is 24.5 Å². The number of aromatic nitrogens is 2. The fraction of sp³-hybridized carbons (Fsp3) is 0.500. The molecular formula is C30H39N5O6S. The predicted molar refractivity (Wildman–Crippen MR) is 158 cm³/mol. The van der Waals surface area contributed by atoms with Crippen LogP contribution in [0, 0.1) is 6.92 Å². The molecule has 42 heavy (non-hydrogen) atoms. The third-order valence-corrected chi connectivity index (χ3v) is 9.40. The number of anilines is 1. The standard InChI is InChI=1S/C30H39N5O6S/c1-21-27-10-12-34(17-23(27)3-6-29(21)40-19-26-16-31-20-41-26)18-25(36)4-5-28(37)22-7-11-32-30(15-22)33-24-8-13-35(14-9-24)42(2,38)39/h3,6-7,11,15-16,20,24-25,36H,4-5,8-10,12-14,17-19H2,1-2H3,(H,32,33)/t25-/m0/s1. The van der Waals surface area contributed by atoms with E-state index in [1.165, 1.54) is 28.1 Å². The van der Waals surface area contributed by atoms with E-state index in [0.29, 0.717) is 62.6 Å². The maximum Gasteiger partial charge on any atom is 0.211 e. The number of oxazole rings is 1. The zero-order valence-corrected chi connectivity index (χ0v) is 25.0. The lowest BCUT2D eigenvalue weighted by Crippen LogP contribution is -2.41. The third kappa shape index (κ3) is 7.74. The van der Waals surface area contributed by atoms with Crippen molar-refractivity contribution in [3.05, 3.63) is 71.1 Å². The first-order chi connectivity index (χ1) is 20.2. The van der Waals surface area contributed by atoms with Gasteiger partial charge in [0.15, 0.2) is 17.9 Å². The SMILES string of the molecule is Cc1c(OCc2cnco2)ccc2c1CCN(C[C@@H](O)CCC(=O)c1ccnc(NC3CCN(S(C)(=O)=O)CC3)c1)C2. The molecule has 226 valence electrons. The van der Waals surface area contributed by atoms with E-state index in [4.69, 9.17) is 9.15 Å². The number of aliphatic hydroxyl groups is 1. The smallest absolute Gasteiger partial charge is 0.211 e.